The Morgan fingerprint density at radius 1 is 1.05 bits per heavy atom. The van der Waals surface area contributed by atoms with E-state index in [0.717, 1.165) is 15.7 Å². The lowest BCUT2D eigenvalue weighted by atomic mass is 10.2. The summed E-state index contributed by atoms with van der Waals surface area (Å²) < 4.78 is 0.907. The molecule has 0 aromatic heterocycles. The molecule has 0 radical (unpaired) electrons. The molecule has 7 heteroatoms. The lowest BCUT2D eigenvalue weighted by Gasteiger charge is -2.12. The fraction of sp³-hybridized carbons (Fsp3) is 0.0714. The van der Waals surface area contributed by atoms with Crippen LogP contribution in [0.1, 0.15) is 5.56 Å². The molecule has 110 valence electrons. The molecule has 0 aliphatic carbocycles. The van der Waals surface area contributed by atoms with Crippen molar-refractivity contribution < 1.29 is 0 Å². The lowest BCUT2D eigenvalue weighted by Crippen LogP contribution is -2.28. The average Bonchev–Trinajstić information content (AvgIpc) is 2.41. The summed E-state index contributed by atoms with van der Waals surface area (Å²) >= 11 is 26.7. The monoisotopic (exact) mass is 422 g/mol. The maximum Gasteiger partial charge on any atom is 0.171 e. The smallest absolute Gasteiger partial charge is 0.171 e. The molecular formula is C14H10BrCl3N2S. The van der Waals surface area contributed by atoms with Crippen LogP contribution in [0.25, 0.3) is 0 Å². The van der Waals surface area contributed by atoms with Gasteiger partial charge in [0, 0.05) is 21.1 Å². The highest BCUT2D eigenvalue weighted by Gasteiger charge is 2.05. The first-order valence-corrected chi connectivity index (χ1v) is 8.23. The molecular weight excluding hydrogens is 414 g/mol. The Balaban J connectivity index is 1.96. The summed E-state index contributed by atoms with van der Waals surface area (Å²) in [6.07, 6.45) is 0. The topological polar surface area (TPSA) is 24.1 Å². The van der Waals surface area contributed by atoms with Crippen molar-refractivity contribution in [1.82, 2.24) is 5.32 Å². The first-order chi connectivity index (χ1) is 9.95. The number of hydrogen-bond donors (Lipinski definition) is 2. The number of hydrogen-bond acceptors (Lipinski definition) is 1. The second-order valence-electron chi connectivity index (χ2n) is 4.17. The molecule has 0 bridgehead atoms. The van der Waals surface area contributed by atoms with E-state index in [1.807, 2.05) is 18.2 Å². The van der Waals surface area contributed by atoms with Crippen molar-refractivity contribution in [3.8, 4) is 0 Å². The Kier molecular flexibility index (Phi) is 6.14. The fourth-order valence-electron chi connectivity index (χ4n) is 1.60. The highest BCUT2D eigenvalue weighted by atomic mass is 79.9. The molecule has 0 atom stereocenters. The maximum atomic E-state index is 6.12. The second-order valence-corrected chi connectivity index (χ2v) is 6.74. The van der Waals surface area contributed by atoms with Crippen LogP contribution >= 0.6 is 63.0 Å². The van der Waals surface area contributed by atoms with Crippen LogP contribution < -0.4 is 10.6 Å². The van der Waals surface area contributed by atoms with Gasteiger partial charge in [-0.25, -0.2) is 0 Å². The van der Waals surface area contributed by atoms with Gasteiger partial charge in [0.15, 0.2) is 5.11 Å². The number of rotatable bonds is 3. The predicted octanol–water partition coefficient (Wildman–Crippen LogP) is 5.90. The molecule has 21 heavy (non-hydrogen) atoms. The molecule has 2 N–H and O–H groups in total. The van der Waals surface area contributed by atoms with Gasteiger partial charge in [0.05, 0.1) is 10.7 Å². The van der Waals surface area contributed by atoms with Gasteiger partial charge in [-0.3, -0.25) is 0 Å². The van der Waals surface area contributed by atoms with Crippen LogP contribution in [0, 0.1) is 0 Å². The van der Waals surface area contributed by atoms with E-state index in [1.165, 1.54) is 0 Å². The third kappa shape index (κ3) is 5.01. The quantitative estimate of drug-likeness (QED) is 0.600. The van der Waals surface area contributed by atoms with E-state index in [1.54, 1.807) is 18.2 Å². The van der Waals surface area contributed by atoms with E-state index >= 15 is 0 Å². The largest absolute Gasteiger partial charge is 0.358 e. The van der Waals surface area contributed by atoms with Crippen molar-refractivity contribution in [2.24, 2.45) is 0 Å². The Morgan fingerprint density at radius 3 is 2.48 bits per heavy atom. The molecule has 0 spiro atoms. The Hall–Kier alpha value is -0.520. The normalized spacial score (nSPS) is 10.3. The molecule has 2 rings (SSSR count). The molecule has 0 aliphatic heterocycles. The summed E-state index contributed by atoms with van der Waals surface area (Å²) in [5.41, 5.74) is 1.65. The molecule has 2 aromatic carbocycles. The zero-order valence-corrected chi connectivity index (χ0v) is 15.3. The highest BCUT2D eigenvalue weighted by Crippen LogP contribution is 2.25. The summed E-state index contributed by atoms with van der Waals surface area (Å²) in [6.45, 7) is 0.496. The van der Waals surface area contributed by atoms with E-state index < -0.39 is 0 Å². The number of benzene rings is 2. The van der Waals surface area contributed by atoms with Crippen LogP contribution in [0.5, 0.6) is 0 Å². The fourth-order valence-corrected chi connectivity index (χ4v) is 2.98. The van der Waals surface area contributed by atoms with Crippen LogP contribution in [0.2, 0.25) is 15.1 Å². The van der Waals surface area contributed by atoms with Crippen LogP contribution in [0.4, 0.5) is 5.69 Å². The standard InChI is InChI=1S/C14H10BrCl3N2S/c15-9-2-4-13(12(18)5-9)20-14(21)19-7-8-1-3-10(16)6-11(8)17/h1-6H,7H2,(H2,19,20,21). The second kappa shape index (κ2) is 7.65. The van der Waals surface area contributed by atoms with E-state index in [9.17, 15) is 0 Å². The van der Waals surface area contributed by atoms with Gasteiger partial charge >= 0.3 is 0 Å². The van der Waals surface area contributed by atoms with E-state index in [4.69, 9.17) is 47.0 Å². The lowest BCUT2D eigenvalue weighted by molar-refractivity contribution is 0.926. The number of halogens is 4. The number of anilines is 1. The van der Waals surface area contributed by atoms with Crippen LogP contribution in [0.3, 0.4) is 0 Å². The van der Waals surface area contributed by atoms with Gasteiger partial charge in [0.25, 0.3) is 0 Å². The molecule has 0 amide bonds. The maximum absolute atomic E-state index is 6.12. The SMILES string of the molecule is S=C(NCc1ccc(Cl)cc1Cl)Nc1ccc(Br)cc1Cl. The zero-order valence-electron chi connectivity index (χ0n) is 10.6. The Labute approximate surface area is 151 Å². The van der Waals surface area contributed by atoms with Crippen molar-refractivity contribution in [2.45, 2.75) is 6.54 Å². The first kappa shape index (κ1) is 16.8. The van der Waals surface area contributed by atoms with Crippen molar-refractivity contribution in [1.29, 1.82) is 0 Å². The van der Waals surface area contributed by atoms with Crippen molar-refractivity contribution in [3.05, 3.63) is 61.5 Å². The number of nitrogens with one attached hydrogen (secondary N) is 2. The molecule has 0 unspecified atom stereocenters. The predicted molar refractivity (Wildman–Crippen MR) is 98.7 cm³/mol. The van der Waals surface area contributed by atoms with Gasteiger partial charge in [-0.1, -0.05) is 56.8 Å². The van der Waals surface area contributed by atoms with E-state index in [0.29, 0.717) is 26.7 Å². The van der Waals surface area contributed by atoms with Crippen LogP contribution in [0.15, 0.2) is 40.9 Å². The first-order valence-electron chi connectivity index (χ1n) is 5.89. The summed E-state index contributed by atoms with van der Waals surface area (Å²) in [5, 5.41) is 8.35. The van der Waals surface area contributed by atoms with Crippen molar-refractivity contribution in [2.75, 3.05) is 5.32 Å². The molecule has 0 fully saturated rings. The van der Waals surface area contributed by atoms with Crippen LogP contribution in [-0.4, -0.2) is 5.11 Å². The summed E-state index contributed by atoms with van der Waals surface area (Å²) in [6, 6.07) is 10.9. The van der Waals surface area contributed by atoms with Gasteiger partial charge in [-0.15, -0.1) is 0 Å². The molecule has 2 aromatic rings. The summed E-state index contributed by atoms with van der Waals surface area (Å²) in [4.78, 5) is 0. The minimum Gasteiger partial charge on any atom is -0.358 e. The van der Waals surface area contributed by atoms with E-state index in [2.05, 4.69) is 26.6 Å². The highest BCUT2D eigenvalue weighted by molar-refractivity contribution is 9.10. The zero-order chi connectivity index (χ0) is 15.4. The average molecular weight is 425 g/mol. The minimum atomic E-state index is 0.463. The molecule has 0 saturated heterocycles. The summed E-state index contributed by atoms with van der Waals surface area (Å²) in [7, 11) is 0. The molecule has 0 aliphatic rings. The van der Waals surface area contributed by atoms with Gasteiger partial charge in [0.2, 0.25) is 0 Å². The van der Waals surface area contributed by atoms with Crippen molar-refractivity contribution >= 4 is 73.8 Å². The minimum absolute atomic E-state index is 0.463. The number of thiocarbonyl (C=S) groups is 1. The third-order valence-electron chi connectivity index (χ3n) is 2.63. The Morgan fingerprint density at radius 2 is 1.81 bits per heavy atom. The summed E-state index contributed by atoms with van der Waals surface area (Å²) in [5.74, 6) is 0. The molecule has 0 heterocycles. The molecule has 2 nitrogen and oxygen atoms in total. The van der Waals surface area contributed by atoms with Crippen LogP contribution in [-0.2, 0) is 6.54 Å². The van der Waals surface area contributed by atoms with Gasteiger partial charge < -0.3 is 10.6 Å². The molecule has 0 saturated carbocycles. The third-order valence-corrected chi connectivity index (χ3v) is 4.27. The van der Waals surface area contributed by atoms with Gasteiger partial charge in [-0.05, 0) is 48.1 Å². The van der Waals surface area contributed by atoms with Crippen molar-refractivity contribution in [3.63, 3.8) is 0 Å². The van der Waals surface area contributed by atoms with Gasteiger partial charge in [-0.2, -0.15) is 0 Å². The van der Waals surface area contributed by atoms with Gasteiger partial charge in [0.1, 0.15) is 0 Å². The Bertz CT molecular complexity index is 679. The van der Waals surface area contributed by atoms with E-state index in [-0.39, 0.29) is 0 Å².